The molecule has 1 aliphatic rings. The Morgan fingerprint density at radius 3 is 2.38 bits per heavy atom. The SMILES string of the molecule is CCOc1ccccc1OCCN(C)CC1(O)CCCC1. The van der Waals surface area contributed by atoms with Crippen molar-refractivity contribution in [3.05, 3.63) is 24.3 Å². The van der Waals surface area contributed by atoms with Crippen LogP contribution in [0.2, 0.25) is 0 Å². The van der Waals surface area contributed by atoms with Gasteiger partial charge in [0.05, 0.1) is 12.2 Å². The summed E-state index contributed by atoms with van der Waals surface area (Å²) in [5.41, 5.74) is -0.488. The van der Waals surface area contributed by atoms with Crippen LogP contribution in [0.3, 0.4) is 0 Å². The number of hydrogen-bond acceptors (Lipinski definition) is 4. The summed E-state index contributed by atoms with van der Waals surface area (Å²) in [6.07, 6.45) is 4.13. The lowest BCUT2D eigenvalue weighted by Crippen LogP contribution is -2.40. The van der Waals surface area contributed by atoms with Crippen LogP contribution in [0.25, 0.3) is 0 Å². The molecule has 4 heteroatoms. The number of rotatable bonds is 8. The first-order valence-corrected chi connectivity index (χ1v) is 7.88. The summed E-state index contributed by atoms with van der Waals surface area (Å²) in [5, 5.41) is 10.4. The third-order valence-corrected chi connectivity index (χ3v) is 3.98. The van der Waals surface area contributed by atoms with E-state index in [1.54, 1.807) is 0 Å². The zero-order valence-corrected chi connectivity index (χ0v) is 13.2. The molecule has 2 rings (SSSR count). The van der Waals surface area contributed by atoms with Gasteiger partial charge in [0.15, 0.2) is 11.5 Å². The summed E-state index contributed by atoms with van der Waals surface area (Å²) in [6.45, 7) is 4.71. The maximum Gasteiger partial charge on any atom is 0.161 e. The Balaban J connectivity index is 1.76. The predicted octanol–water partition coefficient (Wildman–Crippen LogP) is 2.70. The number of likely N-dealkylation sites (N-methyl/N-ethyl adjacent to an activating group) is 1. The molecule has 0 heterocycles. The first-order chi connectivity index (χ1) is 10.1. The van der Waals surface area contributed by atoms with Crippen LogP contribution in [0.1, 0.15) is 32.6 Å². The van der Waals surface area contributed by atoms with Crippen molar-refractivity contribution in [3.8, 4) is 11.5 Å². The second-order valence-corrected chi connectivity index (χ2v) is 5.90. The quantitative estimate of drug-likeness (QED) is 0.800. The Kier molecular flexibility index (Phi) is 5.88. The molecule has 1 N–H and O–H groups in total. The van der Waals surface area contributed by atoms with E-state index in [2.05, 4.69) is 4.90 Å². The van der Waals surface area contributed by atoms with Gasteiger partial charge in [-0.25, -0.2) is 0 Å². The second kappa shape index (κ2) is 7.66. The van der Waals surface area contributed by atoms with Crippen LogP contribution >= 0.6 is 0 Å². The van der Waals surface area contributed by atoms with Crippen molar-refractivity contribution in [3.63, 3.8) is 0 Å². The van der Waals surface area contributed by atoms with Gasteiger partial charge in [-0.2, -0.15) is 0 Å². The molecule has 1 saturated carbocycles. The fourth-order valence-electron chi connectivity index (χ4n) is 2.93. The lowest BCUT2D eigenvalue weighted by atomic mass is 10.0. The average Bonchev–Trinajstić information content (AvgIpc) is 2.87. The highest BCUT2D eigenvalue weighted by Crippen LogP contribution is 2.30. The molecule has 1 aliphatic carbocycles. The highest BCUT2D eigenvalue weighted by molar-refractivity contribution is 5.39. The molecule has 0 radical (unpaired) electrons. The molecule has 21 heavy (non-hydrogen) atoms. The highest BCUT2D eigenvalue weighted by Gasteiger charge is 2.31. The van der Waals surface area contributed by atoms with E-state index in [4.69, 9.17) is 9.47 Å². The number of ether oxygens (including phenoxy) is 2. The summed E-state index contributed by atoms with van der Waals surface area (Å²) in [7, 11) is 2.04. The molecular formula is C17H27NO3. The molecule has 0 atom stereocenters. The maximum atomic E-state index is 10.4. The molecule has 0 amide bonds. The average molecular weight is 293 g/mol. The van der Waals surface area contributed by atoms with Crippen LogP contribution in [0.15, 0.2) is 24.3 Å². The molecule has 0 saturated heterocycles. The van der Waals surface area contributed by atoms with Crippen molar-refractivity contribution < 1.29 is 14.6 Å². The van der Waals surface area contributed by atoms with Gasteiger partial charge < -0.3 is 19.5 Å². The zero-order chi connectivity index (χ0) is 15.1. The fourth-order valence-corrected chi connectivity index (χ4v) is 2.93. The second-order valence-electron chi connectivity index (χ2n) is 5.90. The maximum absolute atomic E-state index is 10.4. The summed E-state index contributed by atoms with van der Waals surface area (Å²) in [6, 6.07) is 7.74. The van der Waals surface area contributed by atoms with E-state index < -0.39 is 5.60 Å². The molecule has 0 aromatic heterocycles. The minimum Gasteiger partial charge on any atom is -0.490 e. The van der Waals surface area contributed by atoms with E-state index in [1.165, 1.54) is 0 Å². The molecule has 0 spiro atoms. The van der Waals surface area contributed by atoms with Crippen LogP contribution in [-0.4, -0.2) is 49.0 Å². The molecule has 1 fully saturated rings. The van der Waals surface area contributed by atoms with E-state index in [0.717, 1.165) is 50.3 Å². The van der Waals surface area contributed by atoms with Crippen molar-refractivity contribution in [1.82, 2.24) is 4.90 Å². The Bertz CT molecular complexity index is 430. The van der Waals surface area contributed by atoms with Gasteiger partial charge in [0.1, 0.15) is 6.61 Å². The van der Waals surface area contributed by atoms with Gasteiger partial charge in [0, 0.05) is 13.1 Å². The third kappa shape index (κ3) is 4.90. The summed E-state index contributed by atoms with van der Waals surface area (Å²) < 4.78 is 11.3. The number of nitrogens with zero attached hydrogens (tertiary/aromatic N) is 1. The molecule has 0 bridgehead atoms. The number of para-hydroxylation sites is 2. The van der Waals surface area contributed by atoms with E-state index in [0.29, 0.717) is 13.2 Å². The molecule has 0 aliphatic heterocycles. The van der Waals surface area contributed by atoms with Crippen molar-refractivity contribution >= 4 is 0 Å². The van der Waals surface area contributed by atoms with E-state index in [9.17, 15) is 5.11 Å². The largest absolute Gasteiger partial charge is 0.490 e. The number of hydrogen-bond donors (Lipinski definition) is 1. The van der Waals surface area contributed by atoms with Crippen molar-refractivity contribution in [2.45, 2.75) is 38.2 Å². The van der Waals surface area contributed by atoms with Crippen molar-refractivity contribution in [1.29, 1.82) is 0 Å². The Morgan fingerprint density at radius 2 is 1.76 bits per heavy atom. The summed E-state index contributed by atoms with van der Waals surface area (Å²) >= 11 is 0. The third-order valence-electron chi connectivity index (χ3n) is 3.98. The Hall–Kier alpha value is -1.26. The zero-order valence-electron chi connectivity index (χ0n) is 13.2. The minimum absolute atomic E-state index is 0.488. The van der Waals surface area contributed by atoms with Crippen LogP contribution in [0, 0.1) is 0 Å². The van der Waals surface area contributed by atoms with Gasteiger partial charge >= 0.3 is 0 Å². The molecule has 118 valence electrons. The molecular weight excluding hydrogens is 266 g/mol. The molecule has 1 aromatic rings. The van der Waals surface area contributed by atoms with Gasteiger partial charge in [0.2, 0.25) is 0 Å². The Labute approximate surface area is 127 Å². The van der Waals surface area contributed by atoms with Gasteiger partial charge in [-0.15, -0.1) is 0 Å². The predicted molar refractivity (Wildman–Crippen MR) is 84.0 cm³/mol. The van der Waals surface area contributed by atoms with Gasteiger partial charge in [-0.1, -0.05) is 25.0 Å². The van der Waals surface area contributed by atoms with Crippen LogP contribution in [0.4, 0.5) is 0 Å². The smallest absolute Gasteiger partial charge is 0.161 e. The summed E-state index contributed by atoms with van der Waals surface area (Å²) in [5.74, 6) is 1.57. The lowest BCUT2D eigenvalue weighted by Gasteiger charge is -2.28. The first kappa shape index (κ1) is 16.1. The van der Waals surface area contributed by atoms with Gasteiger partial charge in [-0.3, -0.25) is 0 Å². The first-order valence-electron chi connectivity index (χ1n) is 7.88. The van der Waals surface area contributed by atoms with Crippen LogP contribution < -0.4 is 9.47 Å². The van der Waals surface area contributed by atoms with Crippen LogP contribution in [-0.2, 0) is 0 Å². The van der Waals surface area contributed by atoms with E-state index in [-0.39, 0.29) is 0 Å². The standard InChI is InChI=1S/C17H27NO3/c1-3-20-15-8-4-5-9-16(15)21-13-12-18(2)14-17(19)10-6-7-11-17/h4-5,8-9,19H,3,6-7,10-14H2,1-2H3. The highest BCUT2D eigenvalue weighted by atomic mass is 16.5. The van der Waals surface area contributed by atoms with Crippen molar-refractivity contribution in [2.24, 2.45) is 0 Å². The van der Waals surface area contributed by atoms with Gasteiger partial charge in [-0.05, 0) is 38.9 Å². The number of aliphatic hydroxyl groups is 1. The molecule has 1 aromatic carbocycles. The van der Waals surface area contributed by atoms with E-state index in [1.807, 2.05) is 38.2 Å². The fraction of sp³-hybridized carbons (Fsp3) is 0.647. The minimum atomic E-state index is -0.488. The summed E-state index contributed by atoms with van der Waals surface area (Å²) in [4.78, 5) is 2.15. The Morgan fingerprint density at radius 1 is 1.14 bits per heavy atom. The topological polar surface area (TPSA) is 41.9 Å². The van der Waals surface area contributed by atoms with E-state index >= 15 is 0 Å². The number of benzene rings is 1. The molecule has 4 nitrogen and oxygen atoms in total. The van der Waals surface area contributed by atoms with Gasteiger partial charge in [0.25, 0.3) is 0 Å². The normalized spacial score (nSPS) is 17.1. The van der Waals surface area contributed by atoms with Crippen molar-refractivity contribution in [2.75, 3.05) is 33.4 Å². The molecule has 0 unspecified atom stereocenters. The van der Waals surface area contributed by atoms with Crippen LogP contribution in [0.5, 0.6) is 11.5 Å². The lowest BCUT2D eigenvalue weighted by molar-refractivity contribution is 0.0138. The monoisotopic (exact) mass is 293 g/mol.